The molecule has 0 saturated carbocycles. The maximum atomic E-state index is 11.0. The molecule has 0 unspecified atom stereocenters. The molecule has 1 rings (SSSR count). The van der Waals surface area contributed by atoms with Crippen LogP contribution in [-0.2, 0) is 32.1 Å². The Balaban J connectivity index is 3.54. The molecule has 1 nitrogen and oxygen atoms in total. The second-order valence-electron chi connectivity index (χ2n) is 6.80. The Hall–Kier alpha value is -0.980. The summed E-state index contributed by atoms with van der Waals surface area (Å²) < 4.78 is 0. The number of benzene rings is 1. The zero-order valence-corrected chi connectivity index (χ0v) is 16.2. The lowest BCUT2D eigenvalue weighted by Gasteiger charge is -2.24. The summed E-state index contributed by atoms with van der Waals surface area (Å²) in [7, 11) is 0. The minimum atomic E-state index is 0.629. The molecule has 0 aromatic heterocycles. The van der Waals surface area contributed by atoms with Gasteiger partial charge in [-0.05, 0) is 72.8 Å². The van der Waals surface area contributed by atoms with Crippen LogP contribution in [0.5, 0.6) is 5.75 Å². The number of hydrogen-bond acceptors (Lipinski definition) is 1. The average molecular weight is 319 g/mol. The van der Waals surface area contributed by atoms with E-state index in [4.69, 9.17) is 0 Å². The van der Waals surface area contributed by atoms with Crippen LogP contribution in [0.1, 0.15) is 101 Å². The first-order chi connectivity index (χ1) is 11.2. The van der Waals surface area contributed by atoms with E-state index < -0.39 is 0 Å². The monoisotopic (exact) mass is 318 g/mol. The molecule has 0 heterocycles. The fourth-order valence-electron chi connectivity index (χ4n) is 3.78. The van der Waals surface area contributed by atoms with Gasteiger partial charge in [-0.15, -0.1) is 0 Å². The molecule has 132 valence electrons. The van der Waals surface area contributed by atoms with Crippen LogP contribution in [0, 0.1) is 0 Å². The quantitative estimate of drug-likeness (QED) is 0.491. The van der Waals surface area contributed by atoms with Crippen molar-refractivity contribution in [3.05, 3.63) is 27.8 Å². The highest BCUT2D eigenvalue weighted by Crippen LogP contribution is 2.37. The molecule has 23 heavy (non-hydrogen) atoms. The lowest BCUT2D eigenvalue weighted by molar-refractivity contribution is 0.457. The molecular formula is C22H38O. The highest BCUT2D eigenvalue weighted by atomic mass is 16.3. The molecule has 0 aliphatic rings. The van der Waals surface area contributed by atoms with Crippen molar-refractivity contribution in [3.8, 4) is 5.75 Å². The molecular weight excluding hydrogens is 280 g/mol. The van der Waals surface area contributed by atoms with E-state index in [1.807, 2.05) is 0 Å². The number of aromatic hydroxyl groups is 1. The molecule has 0 amide bonds. The molecule has 1 aromatic rings. The summed E-state index contributed by atoms with van der Waals surface area (Å²) in [5, 5.41) is 11.0. The Morgan fingerprint density at radius 1 is 0.522 bits per heavy atom. The van der Waals surface area contributed by atoms with E-state index in [1.165, 1.54) is 54.4 Å². The van der Waals surface area contributed by atoms with Crippen molar-refractivity contribution in [1.29, 1.82) is 0 Å². The normalized spacial score (nSPS) is 11.2. The zero-order chi connectivity index (χ0) is 17.2. The van der Waals surface area contributed by atoms with Crippen molar-refractivity contribution < 1.29 is 5.11 Å². The molecule has 0 radical (unpaired) electrons. The molecule has 0 bridgehead atoms. The van der Waals surface area contributed by atoms with Crippen LogP contribution < -0.4 is 0 Å². The van der Waals surface area contributed by atoms with E-state index in [9.17, 15) is 5.11 Å². The van der Waals surface area contributed by atoms with Crippen LogP contribution >= 0.6 is 0 Å². The van der Waals surface area contributed by atoms with Gasteiger partial charge in [-0.3, -0.25) is 0 Å². The van der Waals surface area contributed by atoms with E-state index in [0.29, 0.717) is 5.75 Å². The molecule has 0 saturated heterocycles. The summed E-state index contributed by atoms with van der Waals surface area (Å²) >= 11 is 0. The fourth-order valence-corrected chi connectivity index (χ4v) is 3.78. The number of phenols is 1. The predicted molar refractivity (Wildman–Crippen MR) is 103 cm³/mol. The Kier molecular flexibility index (Phi) is 9.36. The van der Waals surface area contributed by atoms with Crippen LogP contribution in [0.4, 0.5) is 0 Å². The third-order valence-electron chi connectivity index (χ3n) is 4.94. The Labute approximate surface area is 144 Å². The summed E-state index contributed by atoms with van der Waals surface area (Å²) in [5.41, 5.74) is 7.08. The minimum Gasteiger partial charge on any atom is -0.507 e. The van der Waals surface area contributed by atoms with E-state index in [1.54, 1.807) is 5.56 Å². The van der Waals surface area contributed by atoms with Crippen LogP contribution in [0.2, 0.25) is 0 Å². The lowest BCUT2D eigenvalue weighted by atomic mass is 9.82. The first-order valence-electron chi connectivity index (χ1n) is 10.0. The highest BCUT2D eigenvalue weighted by Gasteiger charge is 2.21. The van der Waals surface area contributed by atoms with E-state index in [0.717, 1.165) is 38.5 Å². The topological polar surface area (TPSA) is 20.2 Å². The zero-order valence-electron chi connectivity index (χ0n) is 16.2. The summed E-state index contributed by atoms with van der Waals surface area (Å²) in [6.45, 7) is 11.2. The first kappa shape index (κ1) is 20.1. The van der Waals surface area contributed by atoms with E-state index in [2.05, 4.69) is 34.6 Å². The van der Waals surface area contributed by atoms with Gasteiger partial charge in [0.05, 0.1) is 0 Å². The Bertz CT molecular complexity index is 474. The van der Waals surface area contributed by atoms with Gasteiger partial charge >= 0.3 is 0 Å². The second kappa shape index (κ2) is 10.7. The van der Waals surface area contributed by atoms with Gasteiger partial charge in [0.15, 0.2) is 0 Å². The van der Waals surface area contributed by atoms with Crippen molar-refractivity contribution in [2.75, 3.05) is 0 Å². The van der Waals surface area contributed by atoms with Crippen molar-refractivity contribution in [2.45, 2.75) is 105 Å². The molecule has 1 aromatic carbocycles. The van der Waals surface area contributed by atoms with Gasteiger partial charge < -0.3 is 5.11 Å². The van der Waals surface area contributed by atoms with Crippen molar-refractivity contribution in [1.82, 2.24) is 0 Å². The fraction of sp³-hybridized carbons (Fsp3) is 0.727. The van der Waals surface area contributed by atoms with Crippen molar-refractivity contribution in [2.24, 2.45) is 0 Å². The maximum absolute atomic E-state index is 11.0. The molecule has 0 spiro atoms. The van der Waals surface area contributed by atoms with Gasteiger partial charge in [0.1, 0.15) is 5.75 Å². The van der Waals surface area contributed by atoms with Crippen molar-refractivity contribution in [3.63, 3.8) is 0 Å². The summed E-state index contributed by atoms with van der Waals surface area (Å²) in [6.07, 6.45) is 12.6. The van der Waals surface area contributed by atoms with Crippen LogP contribution in [0.15, 0.2) is 0 Å². The molecule has 0 aliphatic carbocycles. The third kappa shape index (κ3) is 4.99. The first-order valence-corrected chi connectivity index (χ1v) is 10.0. The third-order valence-corrected chi connectivity index (χ3v) is 4.94. The number of rotatable bonds is 11. The second-order valence-corrected chi connectivity index (χ2v) is 6.80. The van der Waals surface area contributed by atoms with E-state index >= 15 is 0 Å². The molecule has 0 aliphatic heterocycles. The molecule has 0 fully saturated rings. The van der Waals surface area contributed by atoms with Gasteiger partial charge in [-0.1, -0.05) is 60.3 Å². The van der Waals surface area contributed by atoms with Crippen LogP contribution in [-0.4, -0.2) is 5.11 Å². The molecule has 1 N–H and O–H groups in total. The number of phenolic OH excluding ortho intramolecular Hbond substituents is 1. The standard InChI is InChI=1S/C22H38O/c1-6-11-15-19-17(10-5)22(23)21(14-9-4)18(13-8-3)20(19)16-12-7-2/h23H,6-16H2,1-5H3. The average Bonchev–Trinajstić information content (AvgIpc) is 2.55. The Morgan fingerprint density at radius 3 is 1.39 bits per heavy atom. The van der Waals surface area contributed by atoms with Crippen molar-refractivity contribution >= 4 is 0 Å². The maximum Gasteiger partial charge on any atom is 0.122 e. The summed E-state index contributed by atoms with van der Waals surface area (Å²) in [5.74, 6) is 0.629. The minimum absolute atomic E-state index is 0.629. The smallest absolute Gasteiger partial charge is 0.122 e. The van der Waals surface area contributed by atoms with E-state index in [-0.39, 0.29) is 0 Å². The lowest BCUT2D eigenvalue weighted by Crippen LogP contribution is -2.10. The predicted octanol–water partition coefficient (Wildman–Crippen LogP) is 6.54. The Morgan fingerprint density at radius 2 is 0.957 bits per heavy atom. The summed E-state index contributed by atoms with van der Waals surface area (Å²) in [6, 6.07) is 0. The largest absolute Gasteiger partial charge is 0.507 e. The number of hydrogen-bond donors (Lipinski definition) is 1. The SMILES string of the molecule is CCCCc1c(CC)c(O)c(CCC)c(CCC)c1CCCC. The van der Waals surface area contributed by atoms with Gasteiger partial charge in [0.2, 0.25) is 0 Å². The number of unbranched alkanes of at least 4 members (excludes halogenated alkanes) is 2. The summed E-state index contributed by atoms with van der Waals surface area (Å²) in [4.78, 5) is 0. The highest BCUT2D eigenvalue weighted by molar-refractivity contribution is 5.56. The van der Waals surface area contributed by atoms with Gasteiger partial charge in [0, 0.05) is 0 Å². The van der Waals surface area contributed by atoms with Crippen LogP contribution in [0.3, 0.4) is 0 Å². The van der Waals surface area contributed by atoms with Gasteiger partial charge in [-0.25, -0.2) is 0 Å². The molecule has 0 atom stereocenters. The molecule has 1 heteroatoms. The van der Waals surface area contributed by atoms with Gasteiger partial charge in [0.25, 0.3) is 0 Å². The van der Waals surface area contributed by atoms with Gasteiger partial charge in [-0.2, -0.15) is 0 Å². The van der Waals surface area contributed by atoms with Crippen LogP contribution in [0.25, 0.3) is 0 Å².